The van der Waals surface area contributed by atoms with Crippen molar-refractivity contribution in [1.29, 1.82) is 0 Å². The summed E-state index contributed by atoms with van der Waals surface area (Å²) in [6.45, 7) is 7.67. The second-order valence-corrected chi connectivity index (χ2v) is 6.67. The van der Waals surface area contributed by atoms with Crippen LogP contribution in [0.5, 0.6) is 0 Å². The van der Waals surface area contributed by atoms with E-state index in [4.69, 9.17) is 0 Å². The molecule has 1 aromatic heterocycles. The standard InChI is InChI=1S/C17H25N3O/c1-12-5-4-6-13(2)15(12)11-20-8-7-16-14(10-20)9-17(21)19(3)18-16/h5,9,13,15H,4,6-8,10-11H2,1-3H3/t13-,15-/m0/s1. The quantitative estimate of drug-likeness (QED) is 0.782. The summed E-state index contributed by atoms with van der Waals surface area (Å²) in [6.07, 6.45) is 5.88. The molecule has 2 aliphatic rings. The topological polar surface area (TPSA) is 38.1 Å². The van der Waals surface area contributed by atoms with Crippen LogP contribution in [0.1, 0.15) is 37.9 Å². The van der Waals surface area contributed by atoms with Gasteiger partial charge in [0.15, 0.2) is 0 Å². The number of aromatic nitrogens is 2. The maximum absolute atomic E-state index is 11.8. The van der Waals surface area contributed by atoms with Crippen molar-refractivity contribution in [1.82, 2.24) is 14.7 Å². The third-order valence-electron chi connectivity index (χ3n) is 5.13. The molecule has 0 radical (unpaired) electrons. The molecule has 1 aliphatic heterocycles. The molecule has 0 N–H and O–H groups in total. The first-order valence-electron chi connectivity index (χ1n) is 7.99. The molecule has 21 heavy (non-hydrogen) atoms. The molecule has 0 fully saturated rings. The first kappa shape index (κ1) is 14.5. The number of allylic oxidation sites excluding steroid dienone is 1. The molecule has 0 unspecified atom stereocenters. The van der Waals surface area contributed by atoms with Crippen LogP contribution in [-0.4, -0.2) is 27.8 Å². The summed E-state index contributed by atoms with van der Waals surface area (Å²) in [6, 6.07) is 1.77. The molecule has 2 heterocycles. The van der Waals surface area contributed by atoms with Crippen molar-refractivity contribution in [3.63, 3.8) is 0 Å². The van der Waals surface area contributed by atoms with Gasteiger partial charge in [-0.15, -0.1) is 0 Å². The van der Waals surface area contributed by atoms with Gasteiger partial charge in [-0.25, -0.2) is 4.68 Å². The average molecular weight is 287 g/mol. The smallest absolute Gasteiger partial charge is 0.266 e. The van der Waals surface area contributed by atoms with E-state index in [2.05, 4.69) is 29.9 Å². The summed E-state index contributed by atoms with van der Waals surface area (Å²) < 4.78 is 1.45. The zero-order valence-electron chi connectivity index (χ0n) is 13.3. The predicted octanol–water partition coefficient (Wildman–Crippen LogP) is 2.13. The van der Waals surface area contributed by atoms with E-state index in [0.717, 1.165) is 43.2 Å². The molecule has 0 saturated carbocycles. The van der Waals surface area contributed by atoms with Crippen molar-refractivity contribution in [2.75, 3.05) is 13.1 Å². The fourth-order valence-electron chi connectivity index (χ4n) is 3.68. The van der Waals surface area contributed by atoms with Gasteiger partial charge in [-0.3, -0.25) is 9.69 Å². The van der Waals surface area contributed by atoms with Gasteiger partial charge in [-0.05, 0) is 37.2 Å². The van der Waals surface area contributed by atoms with Crippen molar-refractivity contribution in [2.24, 2.45) is 18.9 Å². The van der Waals surface area contributed by atoms with E-state index in [1.807, 2.05) is 0 Å². The Hall–Kier alpha value is -1.42. The molecule has 1 aromatic rings. The van der Waals surface area contributed by atoms with Crippen LogP contribution in [-0.2, 0) is 20.0 Å². The van der Waals surface area contributed by atoms with Crippen molar-refractivity contribution < 1.29 is 0 Å². The minimum atomic E-state index is -0.00212. The summed E-state index contributed by atoms with van der Waals surface area (Å²) in [7, 11) is 1.73. The van der Waals surface area contributed by atoms with Crippen LogP contribution in [0, 0.1) is 11.8 Å². The Labute approximate surface area is 126 Å². The van der Waals surface area contributed by atoms with Crippen LogP contribution < -0.4 is 5.56 Å². The second kappa shape index (κ2) is 5.76. The molecule has 2 atom stereocenters. The first-order chi connectivity index (χ1) is 10.0. The predicted molar refractivity (Wildman–Crippen MR) is 84.1 cm³/mol. The Bertz CT molecular complexity index is 617. The van der Waals surface area contributed by atoms with Crippen molar-refractivity contribution in [3.05, 3.63) is 39.3 Å². The monoisotopic (exact) mass is 287 g/mol. The molecule has 0 saturated heterocycles. The Kier molecular flexibility index (Phi) is 3.98. The van der Waals surface area contributed by atoms with Gasteiger partial charge in [-0.1, -0.05) is 18.6 Å². The molecule has 0 spiro atoms. The van der Waals surface area contributed by atoms with E-state index in [9.17, 15) is 4.79 Å². The lowest BCUT2D eigenvalue weighted by Gasteiger charge is -2.36. The van der Waals surface area contributed by atoms with Crippen LogP contribution in [0.4, 0.5) is 0 Å². The van der Waals surface area contributed by atoms with E-state index in [-0.39, 0.29) is 5.56 Å². The van der Waals surface area contributed by atoms with Crippen LogP contribution in [0.25, 0.3) is 0 Å². The maximum atomic E-state index is 11.8. The van der Waals surface area contributed by atoms with Crippen molar-refractivity contribution in [2.45, 2.75) is 39.7 Å². The van der Waals surface area contributed by atoms with Gasteiger partial charge in [0, 0.05) is 39.2 Å². The lowest BCUT2D eigenvalue weighted by molar-refractivity contribution is 0.189. The zero-order valence-corrected chi connectivity index (χ0v) is 13.3. The molecule has 4 nitrogen and oxygen atoms in total. The molecule has 4 heteroatoms. The highest BCUT2D eigenvalue weighted by atomic mass is 16.1. The average Bonchev–Trinajstić information content (AvgIpc) is 2.44. The maximum Gasteiger partial charge on any atom is 0.266 e. The van der Waals surface area contributed by atoms with Crippen LogP contribution in [0.15, 0.2) is 22.5 Å². The first-order valence-corrected chi connectivity index (χ1v) is 7.99. The highest BCUT2D eigenvalue weighted by Crippen LogP contribution is 2.31. The van der Waals surface area contributed by atoms with Gasteiger partial charge < -0.3 is 0 Å². The lowest BCUT2D eigenvalue weighted by Crippen LogP contribution is -2.39. The van der Waals surface area contributed by atoms with Crippen molar-refractivity contribution in [3.8, 4) is 0 Å². The Morgan fingerprint density at radius 3 is 3.00 bits per heavy atom. The molecular weight excluding hydrogens is 262 g/mol. The number of hydrogen-bond donors (Lipinski definition) is 0. The third-order valence-corrected chi connectivity index (χ3v) is 5.13. The molecular formula is C17H25N3O. The zero-order chi connectivity index (χ0) is 15.0. The highest BCUT2D eigenvalue weighted by Gasteiger charge is 2.26. The summed E-state index contributed by atoms with van der Waals surface area (Å²) >= 11 is 0. The number of nitrogens with zero attached hydrogens (tertiary/aromatic N) is 3. The van der Waals surface area contributed by atoms with Gasteiger partial charge in [0.05, 0.1) is 5.69 Å². The second-order valence-electron chi connectivity index (χ2n) is 6.67. The fourth-order valence-corrected chi connectivity index (χ4v) is 3.68. The Balaban J connectivity index is 1.74. The Morgan fingerprint density at radius 2 is 2.24 bits per heavy atom. The largest absolute Gasteiger partial charge is 0.298 e. The summed E-state index contributed by atoms with van der Waals surface area (Å²) in [5.74, 6) is 1.43. The van der Waals surface area contributed by atoms with E-state index >= 15 is 0 Å². The van der Waals surface area contributed by atoms with Crippen LogP contribution in [0.3, 0.4) is 0 Å². The van der Waals surface area contributed by atoms with Gasteiger partial charge in [0.25, 0.3) is 5.56 Å². The molecule has 0 bridgehead atoms. The number of hydrogen-bond acceptors (Lipinski definition) is 3. The SMILES string of the molecule is CC1=CCC[C@H](C)[C@H]1CN1CCc2nn(C)c(=O)cc2C1. The Morgan fingerprint density at radius 1 is 1.43 bits per heavy atom. The lowest BCUT2D eigenvalue weighted by atomic mass is 9.79. The molecule has 0 aromatic carbocycles. The summed E-state index contributed by atoms with van der Waals surface area (Å²) in [5.41, 5.74) is 3.76. The van der Waals surface area contributed by atoms with E-state index in [1.165, 1.54) is 17.5 Å². The number of aryl methyl sites for hydroxylation is 1. The van der Waals surface area contributed by atoms with Crippen LogP contribution >= 0.6 is 0 Å². The van der Waals surface area contributed by atoms with Gasteiger partial charge >= 0.3 is 0 Å². The normalized spacial score (nSPS) is 26.3. The van der Waals surface area contributed by atoms with Gasteiger partial charge in [0.2, 0.25) is 0 Å². The summed E-state index contributed by atoms with van der Waals surface area (Å²) in [4.78, 5) is 14.3. The number of rotatable bonds is 2. The van der Waals surface area contributed by atoms with Crippen LogP contribution in [0.2, 0.25) is 0 Å². The van der Waals surface area contributed by atoms with E-state index in [0.29, 0.717) is 5.92 Å². The van der Waals surface area contributed by atoms with Gasteiger partial charge in [-0.2, -0.15) is 5.10 Å². The molecule has 114 valence electrons. The highest BCUT2D eigenvalue weighted by molar-refractivity contribution is 5.21. The van der Waals surface area contributed by atoms with E-state index < -0.39 is 0 Å². The minimum absolute atomic E-state index is 0.00212. The molecule has 3 rings (SSSR count). The van der Waals surface area contributed by atoms with Gasteiger partial charge in [0.1, 0.15) is 0 Å². The minimum Gasteiger partial charge on any atom is -0.298 e. The van der Waals surface area contributed by atoms with Crippen molar-refractivity contribution >= 4 is 0 Å². The van der Waals surface area contributed by atoms with E-state index in [1.54, 1.807) is 18.7 Å². The third kappa shape index (κ3) is 2.95. The fraction of sp³-hybridized carbons (Fsp3) is 0.647. The molecule has 1 aliphatic carbocycles. The summed E-state index contributed by atoms with van der Waals surface area (Å²) in [5, 5.41) is 4.39. The number of fused-ring (bicyclic) bond motifs is 1. The molecule has 0 amide bonds.